The average molecular weight is 304 g/mol. The highest BCUT2D eigenvalue weighted by Gasteiger charge is 2.20. The van der Waals surface area contributed by atoms with Crippen molar-refractivity contribution in [3.63, 3.8) is 0 Å². The molecular formula is C15H20N4OS. The maximum absolute atomic E-state index is 12.1. The molecule has 1 atom stereocenters. The molecule has 2 heterocycles. The average Bonchev–Trinajstić information content (AvgIpc) is 2.88. The molecule has 0 saturated carbocycles. The Kier molecular flexibility index (Phi) is 4.37. The highest BCUT2D eigenvalue weighted by molar-refractivity contribution is 7.09. The van der Waals surface area contributed by atoms with E-state index in [2.05, 4.69) is 41.0 Å². The number of carbonyl (C=O) groups is 1. The van der Waals surface area contributed by atoms with Crippen molar-refractivity contribution >= 4 is 17.2 Å². The van der Waals surface area contributed by atoms with Crippen LogP contribution in [0.15, 0.2) is 17.8 Å². The van der Waals surface area contributed by atoms with Gasteiger partial charge in [-0.25, -0.2) is 9.97 Å². The van der Waals surface area contributed by atoms with E-state index < -0.39 is 0 Å². The largest absolute Gasteiger partial charge is 0.342 e. The zero-order valence-electron chi connectivity index (χ0n) is 13.0. The molecule has 1 N–H and O–H groups in total. The van der Waals surface area contributed by atoms with Crippen molar-refractivity contribution in [2.75, 3.05) is 0 Å². The highest BCUT2D eigenvalue weighted by Crippen LogP contribution is 2.26. The van der Waals surface area contributed by atoms with Crippen LogP contribution in [0, 0.1) is 6.92 Å². The van der Waals surface area contributed by atoms with E-state index in [1.165, 1.54) is 6.20 Å². The SMILES string of the molecule is Cc1cnc(C(=O)N[C@@H](C)c2nc(C(C)(C)C)cs2)cn1. The third kappa shape index (κ3) is 3.85. The summed E-state index contributed by atoms with van der Waals surface area (Å²) in [6.07, 6.45) is 3.07. The summed E-state index contributed by atoms with van der Waals surface area (Å²) in [5, 5.41) is 5.85. The van der Waals surface area contributed by atoms with Gasteiger partial charge in [0.05, 0.1) is 23.6 Å². The Hall–Kier alpha value is -1.82. The van der Waals surface area contributed by atoms with Crippen molar-refractivity contribution in [1.82, 2.24) is 20.3 Å². The van der Waals surface area contributed by atoms with Gasteiger partial charge in [-0.1, -0.05) is 20.8 Å². The molecule has 1 amide bonds. The van der Waals surface area contributed by atoms with Crippen molar-refractivity contribution in [3.8, 4) is 0 Å². The summed E-state index contributed by atoms with van der Waals surface area (Å²) in [7, 11) is 0. The van der Waals surface area contributed by atoms with E-state index in [9.17, 15) is 4.79 Å². The van der Waals surface area contributed by atoms with Crippen LogP contribution in [0.5, 0.6) is 0 Å². The summed E-state index contributed by atoms with van der Waals surface area (Å²) < 4.78 is 0. The molecule has 0 radical (unpaired) electrons. The van der Waals surface area contributed by atoms with Crippen molar-refractivity contribution < 1.29 is 4.79 Å². The molecule has 0 aliphatic rings. The predicted octanol–water partition coefficient (Wildman–Crippen LogP) is 3.03. The minimum absolute atomic E-state index is 0.0148. The summed E-state index contributed by atoms with van der Waals surface area (Å²) >= 11 is 1.56. The van der Waals surface area contributed by atoms with Crippen molar-refractivity contribution in [2.45, 2.75) is 46.1 Å². The molecular weight excluding hydrogens is 284 g/mol. The number of nitrogens with one attached hydrogen (secondary N) is 1. The van der Waals surface area contributed by atoms with Crippen LogP contribution in [0.3, 0.4) is 0 Å². The van der Waals surface area contributed by atoms with Crippen molar-refractivity contribution in [1.29, 1.82) is 0 Å². The first-order chi connectivity index (χ1) is 9.77. The Morgan fingerprint density at radius 3 is 2.52 bits per heavy atom. The molecule has 2 rings (SSSR count). The topological polar surface area (TPSA) is 67.8 Å². The Bertz CT molecular complexity index is 628. The fourth-order valence-electron chi connectivity index (χ4n) is 1.67. The van der Waals surface area contributed by atoms with Gasteiger partial charge in [-0.05, 0) is 13.8 Å². The van der Waals surface area contributed by atoms with Gasteiger partial charge in [0, 0.05) is 17.0 Å². The molecule has 0 spiro atoms. The van der Waals surface area contributed by atoms with Crippen LogP contribution in [-0.2, 0) is 5.41 Å². The van der Waals surface area contributed by atoms with Crippen LogP contribution in [0.4, 0.5) is 0 Å². The zero-order valence-corrected chi connectivity index (χ0v) is 13.8. The fraction of sp³-hybridized carbons (Fsp3) is 0.467. The molecule has 0 aliphatic heterocycles. The van der Waals surface area contributed by atoms with Gasteiger partial charge in [0.25, 0.3) is 5.91 Å². The summed E-state index contributed by atoms with van der Waals surface area (Å²) in [5.41, 5.74) is 2.16. The highest BCUT2D eigenvalue weighted by atomic mass is 32.1. The van der Waals surface area contributed by atoms with Gasteiger partial charge in [0.1, 0.15) is 10.7 Å². The maximum Gasteiger partial charge on any atom is 0.272 e. The number of amides is 1. The zero-order chi connectivity index (χ0) is 15.6. The maximum atomic E-state index is 12.1. The minimum atomic E-state index is -0.234. The number of hydrogen-bond donors (Lipinski definition) is 1. The number of thiazole rings is 1. The van der Waals surface area contributed by atoms with Gasteiger partial charge < -0.3 is 5.32 Å². The number of aryl methyl sites for hydroxylation is 1. The van der Waals surface area contributed by atoms with Crippen LogP contribution >= 0.6 is 11.3 Å². The fourth-order valence-corrected chi connectivity index (χ4v) is 2.73. The molecule has 0 bridgehead atoms. The van der Waals surface area contributed by atoms with Crippen LogP contribution < -0.4 is 5.32 Å². The molecule has 2 aromatic rings. The second-order valence-electron chi connectivity index (χ2n) is 6.06. The molecule has 0 saturated heterocycles. The van der Waals surface area contributed by atoms with E-state index in [1.54, 1.807) is 17.5 Å². The first-order valence-electron chi connectivity index (χ1n) is 6.83. The van der Waals surface area contributed by atoms with Gasteiger partial charge in [-0.2, -0.15) is 0 Å². The third-order valence-electron chi connectivity index (χ3n) is 3.02. The number of carbonyl (C=O) groups excluding carboxylic acids is 1. The van der Waals surface area contributed by atoms with E-state index in [0.29, 0.717) is 5.69 Å². The Balaban J connectivity index is 2.07. The van der Waals surface area contributed by atoms with E-state index in [4.69, 9.17) is 0 Å². The minimum Gasteiger partial charge on any atom is -0.342 e. The van der Waals surface area contributed by atoms with Gasteiger partial charge >= 0.3 is 0 Å². The molecule has 6 heteroatoms. The van der Waals surface area contributed by atoms with Gasteiger partial charge in [0.15, 0.2) is 0 Å². The van der Waals surface area contributed by atoms with E-state index in [0.717, 1.165) is 16.4 Å². The Morgan fingerprint density at radius 1 is 1.29 bits per heavy atom. The Labute approximate surface area is 128 Å². The predicted molar refractivity (Wildman–Crippen MR) is 83.5 cm³/mol. The third-order valence-corrected chi connectivity index (χ3v) is 4.05. The van der Waals surface area contributed by atoms with Crippen LogP contribution in [-0.4, -0.2) is 20.9 Å². The lowest BCUT2D eigenvalue weighted by atomic mass is 9.93. The molecule has 21 heavy (non-hydrogen) atoms. The molecule has 0 aliphatic carbocycles. The first kappa shape index (κ1) is 15.6. The van der Waals surface area contributed by atoms with Crippen molar-refractivity contribution in [3.05, 3.63) is 39.9 Å². The second-order valence-corrected chi connectivity index (χ2v) is 6.95. The lowest BCUT2D eigenvalue weighted by molar-refractivity contribution is 0.0934. The molecule has 0 unspecified atom stereocenters. The Morgan fingerprint density at radius 2 is 2.00 bits per heavy atom. The molecule has 5 nitrogen and oxygen atoms in total. The molecule has 0 aromatic carbocycles. The second kappa shape index (κ2) is 5.89. The van der Waals surface area contributed by atoms with Gasteiger partial charge in [-0.3, -0.25) is 9.78 Å². The van der Waals surface area contributed by atoms with E-state index in [-0.39, 0.29) is 17.4 Å². The van der Waals surface area contributed by atoms with Crippen LogP contribution in [0.2, 0.25) is 0 Å². The van der Waals surface area contributed by atoms with Gasteiger partial charge in [-0.15, -0.1) is 11.3 Å². The summed E-state index contributed by atoms with van der Waals surface area (Å²) in [4.78, 5) is 24.9. The summed E-state index contributed by atoms with van der Waals surface area (Å²) in [5.74, 6) is -0.234. The summed E-state index contributed by atoms with van der Waals surface area (Å²) in [6.45, 7) is 10.1. The van der Waals surface area contributed by atoms with E-state index >= 15 is 0 Å². The van der Waals surface area contributed by atoms with Gasteiger partial charge in [0.2, 0.25) is 0 Å². The standard InChI is InChI=1S/C15H20N4OS/c1-9-6-17-11(7-16-9)13(20)18-10(2)14-19-12(8-21-14)15(3,4)5/h6-8,10H,1-5H3,(H,18,20)/t10-/m0/s1. The number of aromatic nitrogens is 3. The quantitative estimate of drug-likeness (QED) is 0.946. The monoisotopic (exact) mass is 304 g/mol. The molecule has 2 aromatic heterocycles. The number of nitrogens with zero attached hydrogens (tertiary/aromatic N) is 3. The lowest BCUT2D eigenvalue weighted by Crippen LogP contribution is -2.27. The van der Waals surface area contributed by atoms with Crippen LogP contribution in [0.25, 0.3) is 0 Å². The summed E-state index contributed by atoms with van der Waals surface area (Å²) in [6, 6.07) is -0.151. The smallest absolute Gasteiger partial charge is 0.272 e. The van der Waals surface area contributed by atoms with Crippen LogP contribution in [0.1, 0.15) is 60.6 Å². The van der Waals surface area contributed by atoms with E-state index in [1.807, 2.05) is 19.2 Å². The number of rotatable bonds is 3. The molecule has 112 valence electrons. The molecule has 0 fully saturated rings. The first-order valence-corrected chi connectivity index (χ1v) is 7.71. The van der Waals surface area contributed by atoms with Crippen molar-refractivity contribution in [2.24, 2.45) is 0 Å². The normalized spacial score (nSPS) is 13.0. The number of hydrogen-bond acceptors (Lipinski definition) is 5. The lowest BCUT2D eigenvalue weighted by Gasteiger charge is -2.15.